The zero-order valence-corrected chi connectivity index (χ0v) is 10.3. The molecule has 1 aromatic heterocycles. The molecule has 1 unspecified atom stereocenters. The highest BCUT2D eigenvalue weighted by Crippen LogP contribution is 2.13. The van der Waals surface area contributed by atoms with Crippen molar-refractivity contribution in [3.63, 3.8) is 0 Å². The third-order valence-corrected chi connectivity index (χ3v) is 2.55. The van der Waals surface area contributed by atoms with E-state index < -0.39 is 0 Å². The molecule has 0 aromatic carbocycles. The average Bonchev–Trinajstić information content (AvgIpc) is 2.64. The summed E-state index contributed by atoms with van der Waals surface area (Å²) in [6, 6.07) is 2.11. The predicted molar refractivity (Wildman–Crippen MR) is 64.0 cm³/mol. The Morgan fingerprint density at radius 3 is 2.82 bits per heavy atom. The molecule has 0 spiro atoms. The van der Waals surface area contributed by atoms with Gasteiger partial charge in [0.25, 0.3) is 5.91 Å². The second kappa shape index (κ2) is 5.34. The zero-order chi connectivity index (χ0) is 13.0. The van der Waals surface area contributed by atoms with Crippen LogP contribution in [0.4, 0.5) is 5.69 Å². The first-order valence-corrected chi connectivity index (χ1v) is 5.47. The third kappa shape index (κ3) is 2.75. The Morgan fingerprint density at radius 2 is 2.41 bits per heavy atom. The molecule has 1 heterocycles. The number of nitrogens with zero attached hydrogens (tertiary/aromatic N) is 4. The van der Waals surface area contributed by atoms with Gasteiger partial charge in [0.2, 0.25) is 0 Å². The van der Waals surface area contributed by atoms with Crippen LogP contribution in [0, 0.1) is 17.2 Å². The molecule has 1 rings (SSSR count). The molecule has 0 fully saturated rings. The lowest BCUT2D eigenvalue weighted by molar-refractivity contribution is 0.0743. The molecule has 6 nitrogen and oxygen atoms in total. The fraction of sp³-hybridized carbons (Fsp3) is 0.545. The van der Waals surface area contributed by atoms with Gasteiger partial charge < -0.3 is 10.6 Å². The zero-order valence-electron chi connectivity index (χ0n) is 10.3. The SMILES string of the molecule is CCN(CC(C)C#N)C(=O)c1c(N)cnn1C. The monoisotopic (exact) mass is 235 g/mol. The number of nitrogens with two attached hydrogens (primary N) is 1. The van der Waals surface area contributed by atoms with Crippen LogP contribution in [-0.2, 0) is 7.05 Å². The number of hydrogen-bond acceptors (Lipinski definition) is 4. The van der Waals surface area contributed by atoms with E-state index in [4.69, 9.17) is 11.0 Å². The minimum atomic E-state index is -0.201. The maximum absolute atomic E-state index is 12.2. The second-order valence-corrected chi connectivity index (χ2v) is 3.95. The number of nitrogen functional groups attached to an aromatic ring is 1. The molecule has 0 aliphatic rings. The summed E-state index contributed by atoms with van der Waals surface area (Å²) in [7, 11) is 1.67. The highest BCUT2D eigenvalue weighted by molar-refractivity contribution is 5.97. The Kier molecular flexibility index (Phi) is 4.10. The molecule has 1 aromatic rings. The van der Waals surface area contributed by atoms with Crippen LogP contribution in [0.25, 0.3) is 0 Å². The number of hydrogen-bond donors (Lipinski definition) is 1. The predicted octanol–water partition coefficient (Wildman–Crippen LogP) is 0.624. The summed E-state index contributed by atoms with van der Waals surface area (Å²) < 4.78 is 1.46. The summed E-state index contributed by atoms with van der Waals surface area (Å²) in [5.41, 5.74) is 6.44. The standard InChI is InChI=1S/C11H17N5O/c1-4-16(7-8(2)5-12)11(17)10-9(13)6-14-15(10)3/h6,8H,4,7,13H2,1-3H3. The summed E-state index contributed by atoms with van der Waals surface area (Å²) in [5, 5.41) is 12.7. The van der Waals surface area contributed by atoms with Crippen LogP contribution in [0.15, 0.2) is 6.20 Å². The van der Waals surface area contributed by atoms with E-state index in [1.807, 2.05) is 6.92 Å². The van der Waals surface area contributed by atoms with Crippen LogP contribution >= 0.6 is 0 Å². The van der Waals surface area contributed by atoms with Crippen LogP contribution in [0.3, 0.4) is 0 Å². The molecule has 0 radical (unpaired) electrons. The molecule has 2 N–H and O–H groups in total. The van der Waals surface area contributed by atoms with E-state index in [1.54, 1.807) is 18.9 Å². The first-order chi connectivity index (χ1) is 8.01. The van der Waals surface area contributed by atoms with E-state index in [-0.39, 0.29) is 11.8 Å². The van der Waals surface area contributed by atoms with Crippen LogP contribution in [0.5, 0.6) is 0 Å². The number of aromatic nitrogens is 2. The molecule has 0 bridgehead atoms. The van der Waals surface area contributed by atoms with Crippen molar-refractivity contribution >= 4 is 11.6 Å². The van der Waals surface area contributed by atoms with Gasteiger partial charge in [-0.05, 0) is 13.8 Å². The molecule has 92 valence electrons. The number of rotatable bonds is 4. The van der Waals surface area contributed by atoms with Gasteiger partial charge in [-0.2, -0.15) is 10.4 Å². The van der Waals surface area contributed by atoms with Gasteiger partial charge in [0.15, 0.2) is 0 Å². The van der Waals surface area contributed by atoms with Gasteiger partial charge in [-0.15, -0.1) is 0 Å². The van der Waals surface area contributed by atoms with Crippen molar-refractivity contribution in [1.82, 2.24) is 14.7 Å². The molecule has 6 heteroatoms. The Morgan fingerprint density at radius 1 is 1.76 bits per heavy atom. The minimum absolute atomic E-state index is 0.188. The Bertz CT molecular complexity index is 426. The lowest BCUT2D eigenvalue weighted by Crippen LogP contribution is -2.35. The fourth-order valence-electron chi connectivity index (χ4n) is 1.59. The quantitative estimate of drug-likeness (QED) is 0.828. The smallest absolute Gasteiger partial charge is 0.274 e. The van der Waals surface area contributed by atoms with Gasteiger partial charge >= 0.3 is 0 Å². The van der Waals surface area contributed by atoms with E-state index in [9.17, 15) is 4.79 Å². The Hall–Kier alpha value is -2.03. The van der Waals surface area contributed by atoms with Crippen LogP contribution in [0.1, 0.15) is 24.3 Å². The number of carbonyl (C=O) groups excluding carboxylic acids is 1. The molecular weight excluding hydrogens is 218 g/mol. The van der Waals surface area contributed by atoms with E-state index in [0.29, 0.717) is 24.5 Å². The summed E-state index contributed by atoms with van der Waals surface area (Å²) >= 11 is 0. The first kappa shape index (κ1) is 13.0. The van der Waals surface area contributed by atoms with E-state index in [1.165, 1.54) is 10.9 Å². The number of nitriles is 1. The van der Waals surface area contributed by atoms with Crippen LogP contribution in [-0.4, -0.2) is 33.7 Å². The van der Waals surface area contributed by atoms with Crippen LogP contribution < -0.4 is 5.73 Å². The molecule has 0 aliphatic carbocycles. The van der Waals surface area contributed by atoms with E-state index in [0.717, 1.165) is 0 Å². The van der Waals surface area contributed by atoms with Gasteiger partial charge in [0, 0.05) is 20.1 Å². The number of amides is 1. The number of anilines is 1. The van der Waals surface area contributed by atoms with Crippen molar-refractivity contribution in [2.24, 2.45) is 13.0 Å². The summed E-state index contributed by atoms with van der Waals surface area (Å²) in [6.07, 6.45) is 1.45. The maximum atomic E-state index is 12.2. The fourth-order valence-corrected chi connectivity index (χ4v) is 1.59. The lowest BCUT2D eigenvalue weighted by Gasteiger charge is -2.22. The van der Waals surface area contributed by atoms with Crippen molar-refractivity contribution in [3.8, 4) is 6.07 Å². The summed E-state index contributed by atoms with van der Waals surface area (Å²) in [5.74, 6) is -0.388. The number of carbonyl (C=O) groups is 1. The topological polar surface area (TPSA) is 87.9 Å². The molecule has 1 atom stereocenters. The average molecular weight is 235 g/mol. The molecule has 1 amide bonds. The Labute approximate surface area is 101 Å². The highest BCUT2D eigenvalue weighted by Gasteiger charge is 2.21. The maximum Gasteiger partial charge on any atom is 0.274 e. The highest BCUT2D eigenvalue weighted by atomic mass is 16.2. The van der Waals surface area contributed by atoms with Crippen molar-refractivity contribution in [1.29, 1.82) is 5.26 Å². The van der Waals surface area contributed by atoms with Gasteiger partial charge in [-0.1, -0.05) is 0 Å². The molecule has 0 saturated carbocycles. The van der Waals surface area contributed by atoms with Gasteiger partial charge in [-0.25, -0.2) is 0 Å². The van der Waals surface area contributed by atoms with Gasteiger partial charge in [0.05, 0.1) is 23.9 Å². The van der Waals surface area contributed by atoms with Crippen molar-refractivity contribution in [2.45, 2.75) is 13.8 Å². The Balaban J connectivity index is 2.91. The van der Waals surface area contributed by atoms with Crippen LogP contribution in [0.2, 0.25) is 0 Å². The first-order valence-electron chi connectivity index (χ1n) is 5.47. The molecule has 0 aliphatic heterocycles. The van der Waals surface area contributed by atoms with Gasteiger partial charge in [-0.3, -0.25) is 9.48 Å². The molecule has 17 heavy (non-hydrogen) atoms. The molecule has 0 saturated heterocycles. The van der Waals surface area contributed by atoms with E-state index >= 15 is 0 Å². The minimum Gasteiger partial charge on any atom is -0.396 e. The van der Waals surface area contributed by atoms with Crippen molar-refractivity contribution in [3.05, 3.63) is 11.9 Å². The summed E-state index contributed by atoms with van der Waals surface area (Å²) in [6.45, 7) is 4.59. The van der Waals surface area contributed by atoms with Crippen molar-refractivity contribution in [2.75, 3.05) is 18.8 Å². The van der Waals surface area contributed by atoms with Gasteiger partial charge in [0.1, 0.15) is 5.69 Å². The summed E-state index contributed by atoms with van der Waals surface area (Å²) in [4.78, 5) is 13.8. The van der Waals surface area contributed by atoms with Crippen molar-refractivity contribution < 1.29 is 4.79 Å². The largest absolute Gasteiger partial charge is 0.396 e. The van der Waals surface area contributed by atoms with E-state index in [2.05, 4.69) is 11.2 Å². The number of aryl methyl sites for hydroxylation is 1. The second-order valence-electron chi connectivity index (χ2n) is 3.95. The molecular formula is C11H17N5O. The third-order valence-electron chi connectivity index (χ3n) is 2.55. The lowest BCUT2D eigenvalue weighted by atomic mass is 10.2. The normalized spacial score (nSPS) is 11.9.